The predicted octanol–water partition coefficient (Wildman–Crippen LogP) is 4.36. The van der Waals surface area contributed by atoms with Crippen molar-refractivity contribution in [3.63, 3.8) is 0 Å². The minimum absolute atomic E-state index is 0.0460. The Hall–Kier alpha value is -4.07. The van der Waals surface area contributed by atoms with Crippen LogP contribution in [0.4, 0.5) is 0 Å². The number of aromatic hydroxyl groups is 1. The van der Waals surface area contributed by atoms with Crippen LogP contribution in [-0.4, -0.2) is 32.4 Å². The Bertz CT molecular complexity index is 1200. The lowest BCUT2D eigenvalue weighted by molar-refractivity contribution is 0.0523. The molecule has 164 valence electrons. The van der Waals surface area contributed by atoms with E-state index in [1.165, 1.54) is 10.9 Å². The molecule has 0 aliphatic rings. The zero-order chi connectivity index (χ0) is 22.5. The second-order valence-corrected chi connectivity index (χ2v) is 7.10. The van der Waals surface area contributed by atoms with Crippen LogP contribution in [0.25, 0.3) is 11.5 Å². The molecule has 4 aromatic rings. The van der Waals surface area contributed by atoms with Crippen molar-refractivity contribution in [2.24, 2.45) is 0 Å². The summed E-state index contributed by atoms with van der Waals surface area (Å²) >= 11 is 0. The summed E-state index contributed by atoms with van der Waals surface area (Å²) in [5.74, 6) is 1.03. The summed E-state index contributed by atoms with van der Waals surface area (Å²) in [4.78, 5) is 16.3. The Kier molecular flexibility index (Phi) is 6.21. The first kappa shape index (κ1) is 21.2. The minimum Gasteiger partial charge on any atom is -0.492 e. The SMILES string of the molecule is CCOC(=O)c1cn(Cc2ccc(OCc3nc(-c4ccccc4)oc3C)cc2)nc1O. The van der Waals surface area contributed by atoms with E-state index in [4.69, 9.17) is 13.9 Å². The number of carbonyl (C=O) groups is 1. The molecule has 32 heavy (non-hydrogen) atoms. The van der Waals surface area contributed by atoms with E-state index in [-0.39, 0.29) is 24.7 Å². The molecule has 0 radical (unpaired) electrons. The molecule has 8 nitrogen and oxygen atoms in total. The molecule has 0 atom stereocenters. The molecule has 2 aromatic heterocycles. The molecular formula is C24H23N3O5. The van der Waals surface area contributed by atoms with Gasteiger partial charge >= 0.3 is 5.97 Å². The normalized spacial score (nSPS) is 10.8. The van der Waals surface area contributed by atoms with Crippen LogP contribution in [0.15, 0.2) is 65.2 Å². The van der Waals surface area contributed by atoms with Gasteiger partial charge in [-0.2, -0.15) is 0 Å². The largest absolute Gasteiger partial charge is 0.492 e. The molecule has 0 saturated heterocycles. The topological polar surface area (TPSA) is 99.6 Å². The number of carbonyl (C=O) groups excluding carboxylic acids is 1. The van der Waals surface area contributed by atoms with E-state index >= 15 is 0 Å². The van der Waals surface area contributed by atoms with Crippen LogP contribution in [0.2, 0.25) is 0 Å². The number of hydrogen-bond acceptors (Lipinski definition) is 7. The highest BCUT2D eigenvalue weighted by Gasteiger charge is 2.17. The predicted molar refractivity (Wildman–Crippen MR) is 116 cm³/mol. The second-order valence-electron chi connectivity index (χ2n) is 7.10. The Labute approximate surface area is 185 Å². The second kappa shape index (κ2) is 9.38. The maximum atomic E-state index is 11.8. The number of esters is 1. The highest BCUT2D eigenvalue weighted by molar-refractivity contribution is 5.91. The number of oxazole rings is 1. The van der Waals surface area contributed by atoms with Gasteiger partial charge in [0.15, 0.2) is 0 Å². The van der Waals surface area contributed by atoms with Crippen molar-refractivity contribution in [1.29, 1.82) is 0 Å². The van der Waals surface area contributed by atoms with Crippen LogP contribution in [0.1, 0.15) is 34.3 Å². The standard InChI is InChI=1S/C24H23N3O5/c1-3-30-24(29)20-14-27(26-22(20)28)13-17-9-11-19(12-10-17)31-15-21-16(2)32-23(25-21)18-7-5-4-6-8-18/h4-12,14H,3,13,15H2,1-2H3,(H,26,28). The van der Waals surface area contributed by atoms with Crippen molar-refractivity contribution in [3.05, 3.63) is 83.4 Å². The molecule has 0 saturated carbocycles. The van der Waals surface area contributed by atoms with Gasteiger partial charge in [0.1, 0.15) is 29.4 Å². The van der Waals surface area contributed by atoms with Crippen LogP contribution in [0.3, 0.4) is 0 Å². The molecule has 0 aliphatic carbocycles. The van der Waals surface area contributed by atoms with E-state index in [0.29, 0.717) is 18.2 Å². The quantitative estimate of drug-likeness (QED) is 0.412. The minimum atomic E-state index is -0.599. The molecule has 0 bridgehead atoms. The van der Waals surface area contributed by atoms with E-state index in [0.717, 1.165) is 22.6 Å². The summed E-state index contributed by atoms with van der Waals surface area (Å²) in [6.45, 7) is 4.47. The van der Waals surface area contributed by atoms with E-state index in [1.807, 2.05) is 61.5 Å². The number of nitrogens with zero attached hydrogens (tertiary/aromatic N) is 3. The maximum Gasteiger partial charge on any atom is 0.345 e. The van der Waals surface area contributed by atoms with Crippen LogP contribution in [-0.2, 0) is 17.9 Å². The fraction of sp³-hybridized carbons (Fsp3) is 0.208. The number of benzene rings is 2. The molecule has 4 rings (SSSR count). The molecule has 0 unspecified atom stereocenters. The van der Waals surface area contributed by atoms with E-state index in [2.05, 4.69) is 10.1 Å². The monoisotopic (exact) mass is 433 g/mol. The fourth-order valence-corrected chi connectivity index (χ4v) is 3.14. The van der Waals surface area contributed by atoms with Gasteiger partial charge in [-0.1, -0.05) is 30.3 Å². The number of rotatable bonds is 8. The van der Waals surface area contributed by atoms with E-state index < -0.39 is 5.97 Å². The smallest absolute Gasteiger partial charge is 0.345 e. The lowest BCUT2D eigenvalue weighted by Crippen LogP contribution is -2.04. The Morgan fingerprint density at radius 2 is 1.88 bits per heavy atom. The Balaban J connectivity index is 1.37. The number of ether oxygens (including phenoxy) is 2. The first-order chi connectivity index (χ1) is 15.5. The zero-order valence-electron chi connectivity index (χ0n) is 17.8. The van der Waals surface area contributed by atoms with Gasteiger partial charge in [-0.15, -0.1) is 5.10 Å². The summed E-state index contributed by atoms with van der Waals surface area (Å²) in [7, 11) is 0. The lowest BCUT2D eigenvalue weighted by Gasteiger charge is -2.06. The molecule has 2 heterocycles. The summed E-state index contributed by atoms with van der Waals surface area (Å²) in [5, 5.41) is 13.8. The van der Waals surface area contributed by atoms with Crippen molar-refractivity contribution in [1.82, 2.24) is 14.8 Å². The molecule has 0 aliphatic heterocycles. The fourth-order valence-electron chi connectivity index (χ4n) is 3.14. The molecule has 0 fully saturated rings. The summed E-state index contributed by atoms with van der Waals surface area (Å²) in [5.41, 5.74) is 2.64. The first-order valence-corrected chi connectivity index (χ1v) is 10.2. The van der Waals surface area contributed by atoms with Crippen LogP contribution in [0, 0.1) is 6.92 Å². The molecule has 1 N–H and O–H groups in total. The molecule has 8 heteroatoms. The highest BCUT2D eigenvalue weighted by Crippen LogP contribution is 2.23. The Morgan fingerprint density at radius 1 is 1.12 bits per heavy atom. The van der Waals surface area contributed by atoms with Crippen molar-refractivity contribution < 1.29 is 23.8 Å². The maximum absolute atomic E-state index is 11.8. The number of aromatic nitrogens is 3. The summed E-state index contributed by atoms with van der Waals surface area (Å²) in [6.07, 6.45) is 1.47. The number of aryl methyl sites for hydroxylation is 1. The van der Waals surface area contributed by atoms with Crippen molar-refractivity contribution in [2.75, 3.05) is 6.61 Å². The van der Waals surface area contributed by atoms with Gasteiger partial charge in [0, 0.05) is 11.8 Å². The van der Waals surface area contributed by atoms with Crippen molar-refractivity contribution >= 4 is 5.97 Å². The number of hydrogen-bond donors (Lipinski definition) is 1. The summed E-state index contributed by atoms with van der Waals surface area (Å²) < 4.78 is 18.0. The highest BCUT2D eigenvalue weighted by atomic mass is 16.5. The third-order valence-electron chi connectivity index (χ3n) is 4.79. The van der Waals surface area contributed by atoms with Crippen molar-refractivity contribution in [2.45, 2.75) is 27.0 Å². The van der Waals surface area contributed by atoms with Crippen molar-refractivity contribution in [3.8, 4) is 23.1 Å². The van der Waals surface area contributed by atoms with Gasteiger partial charge in [0.2, 0.25) is 11.8 Å². The van der Waals surface area contributed by atoms with Crippen LogP contribution in [0.5, 0.6) is 11.6 Å². The summed E-state index contributed by atoms with van der Waals surface area (Å²) in [6, 6.07) is 17.2. The van der Waals surface area contributed by atoms with Gasteiger partial charge in [0.05, 0.1) is 13.2 Å². The van der Waals surface area contributed by atoms with Crippen LogP contribution >= 0.6 is 0 Å². The lowest BCUT2D eigenvalue weighted by atomic mass is 10.2. The van der Waals surface area contributed by atoms with Gasteiger partial charge in [-0.3, -0.25) is 4.68 Å². The van der Waals surface area contributed by atoms with Gasteiger partial charge in [0.25, 0.3) is 0 Å². The van der Waals surface area contributed by atoms with E-state index in [1.54, 1.807) is 6.92 Å². The zero-order valence-corrected chi connectivity index (χ0v) is 17.8. The average molecular weight is 433 g/mol. The van der Waals surface area contributed by atoms with Gasteiger partial charge in [-0.05, 0) is 43.7 Å². The van der Waals surface area contributed by atoms with Crippen LogP contribution < -0.4 is 4.74 Å². The van der Waals surface area contributed by atoms with Gasteiger partial charge in [-0.25, -0.2) is 9.78 Å². The van der Waals surface area contributed by atoms with E-state index in [9.17, 15) is 9.90 Å². The Morgan fingerprint density at radius 3 is 2.59 bits per heavy atom. The third kappa shape index (κ3) is 4.80. The first-order valence-electron chi connectivity index (χ1n) is 10.2. The molecular weight excluding hydrogens is 410 g/mol. The third-order valence-corrected chi connectivity index (χ3v) is 4.79. The van der Waals surface area contributed by atoms with Gasteiger partial charge < -0.3 is 19.0 Å². The average Bonchev–Trinajstić information content (AvgIpc) is 3.36. The molecule has 0 spiro atoms. The molecule has 0 amide bonds. The molecule has 2 aromatic carbocycles.